The molecule has 11 nitrogen and oxygen atoms in total. The van der Waals surface area contributed by atoms with Gasteiger partial charge < -0.3 is 18.9 Å². The number of rotatable bonds is 8. The molecule has 0 radical (unpaired) electrons. The molecular formula is C23H34N2O9. The van der Waals surface area contributed by atoms with Gasteiger partial charge >= 0.3 is 18.2 Å². The SMILES string of the molecule is CCOC(=O)CCCOc1cc(C)c(N(C(=O)OC(C)(C)C)C(=O)OC(C)(C)C)c([N+](=O)[O-])c1. The second-order valence-corrected chi connectivity index (χ2v) is 9.42. The first kappa shape index (κ1) is 28.7. The predicted octanol–water partition coefficient (Wildman–Crippen LogP) is 5.30. The van der Waals surface area contributed by atoms with Crippen molar-refractivity contribution in [2.75, 3.05) is 18.1 Å². The number of aryl methyl sites for hydroxylation is 1. The Kier molecular flexibility index (Phi) is 9.83. The molecule has 0 spiro atoms. The Balaban J connectivity index is 3.34. The van der Waals surface area contributed by atoms with Crippen LogP contribution in [-0.4, -0.2) is 47.5 Å². The van der Waals surface area contributed by atoms with Gasteiger partial charge in [0.1, 0.15) is 22.6 Å². The van der Waals surface area contributed by atoms with E-state index in [4.69, 9.17) is 18.9 Å². The molecule has 0 aromatic heterocycles. The molecule has 0 heterocycles. The maximum atomic E-state index is 12.9. The van der Waals surface area contributed by atoms with Crippen LogP contribution in [0.1, 0.15) is 66.9 Å². The highest BCUT2D eigenvalue weighted by molar-refractivity contribution is 6.11. The Morgan fingerprint density at radius 2 is 1.53 bits per heavy atom. The van der Waals surface area contributed by atoms with Crippen LogP contribution in [0.5, 0.6) is 5.75 Å². The molecule has 2 amide bonds. The summed E-state index contributed by atoms with van der Waals surface area (Å²) in [6.07, 6.45) is -1.75. The van der Waals surface area contributed by atoms with E-state index in [1.807, 2.05) is 0 Å². The smallest absolute Gasteiger partial charge is 0.424 e. The van der Waals surface area contributed by atoms with E-state index in [0.29, 0.717) is 11.3 Å². The third-order valence-electron chi connectivity index (χ3n) is 3.93. The maximum absolute atomic E-state index is 12.9. The molecule has 34 heavy (non-hydrogen) atoms. The van der Waals surface area contributed by atoms with Crippen molar-refractivity contribution in [2.24, 2.45) is 0 Å². The van der Waals surface area contributed by atoms with Crippen LogP contribution >= 0.6 is 0 Å². The molecule has 0 bridgehead atoms. The van der Waals surface area contributed by atoms with Crippen molar-refractivity contribution < 1.29 is 38.3 Å². The standard InChI is InChI=1S/C23H34N2O9/c1-9-31-18(26)11-10-12-32-16-13-15(2)19(17(14-16)25(29)30)24(20(27)33-22(3,4)5)21(28)34-23(6,7)8/h13-14H,9-12H2,1-8H3. The van der Waals surface area contributed by atoms with E-state index in [2.05, 4.69) is 0 Å². The van der Waals surface area contributed by atoms with Crippen molar-refractivity contribution in [1.29, 1.82) is 0 Å². The first-order chi connectivity index (χ1) is 15.6. The zero-order valence-corrected chi connectivity index (χ0v) is 21.1. The molecule has 0 aliphatic rings. The minimum Gasteiger partial charge on any atom is -0.493 e. The van der Waals surface area contributed by atoms with Gasteiger partial charge in [-0.3, -0.25) is 14.9 Å². The van der Waals surface area contributed by atoms with Crippen LogP contribution in [0.2, 0.25) is 0 Å². The number of imide groups is 1. The first-order valence-corrected chi connectivity index (χ1v) is 10.9. The number of ether oxygens (including phenoxy) is 4. The van der Waals surface area contributed by atoms with E-state index in [1.165, 1.54) is 13.0 Å². The number of amides is 2. The Morgan fingerprint density at radius 3 is 1.97 bits per heavy atom. The minimum atomic E-state index is -1.11. The lowest BCUT2D eigenvalue weighted by Gasteiger charge is -2.29. The maximum Gasteiger partial charge on any atom is 0.424 e. The van der Waals surface area contributed by atoms with Gasteiger partial charge in [0, 0.05) is 6.42 Å². The summed E-state index contributed by atoms with van der Waals surface area (Å²) in [6.45, 7) is 13.2. The van der Waals surface area contributed by atoms with E-state index in [9.17, 15) is 24.5 Å². The van der Waals surface area contributed by atoms with Crippen LogP contribution < -0.4 is 9.64 Å². The molecular weight excluding hydrogens is 448 g/mol. The van der Waals surface area contributed by atoms with Crippen LogP contribution in [0.3, 0.4) is 0 Å². The zero-order chi connectivity index (χ0) is 26.3. The van der Waals surface area contributed by atoms with Gasteiger partial charge in [0.05, 0.1) is 24.2 Å². The average molecular weight is 483 g/mol. The van der Waals surface area contributed by atoms with Crippen molar-refractivity contribution in [1.82, 2.24) is 0 Å². The molecule has 0 N–H and O–H groups in total. The summed E-state index contributed by atoms with van der Waals surface area (Å²) in [4.78, 5) is 49.0. The van der Waals surface area contributed by atoms with Gasteiger partial charge in [0.15, 0.2) is 0 Å². The summed E-state index contributed by atoms with van der Waals surface area (Å²) in [7, 11) is 0. The Morgan fingerprint density at radius 1 is 1.00 bits per heavy atom. The molecule has 0 aliphatic carbocycles. The third kappa shape index (κ3) is 9.24. The van der Waals surface area contributed by atoms with Gasteiger partial charge in [-0.1, -0.05) is 0 Å². The number of hydrogen-bond acceptors (Lipinski definition) is 9. The highest BCUT2D eigenvalue weighted by Gasteiger charge is 2.38. The second kappa shape index (κ2) is 11.7. The van der Waals surface area contributed by atoms with E-state index < -0.39 is 34.0 Å². The number of nitro groups is 1. The molecule has 0 unspecified atom stereocenters. The molecule has 190 valence electrons. The molecule has 0 saturated carbocycles. The molecule has 1 rings (SSSR count). The highest BCUT2D eigenvalue weighted by atomic mass is 16.6. The molecule has 1 aromatic carbocycles. The predicted molar refractivity (Wildman–Crippen MR) is 124 cm³/mol. The summed E-state index contributed by atoms with van der Waals surface area (Å²) >= 11 is 0. The Labute approximate surface area is 199 Å². The lowest BCUT2D eigenvalue weighted by molar-refractivity contribution is -0.384. The quantitative estimate of drug-likeness (QED) is 0.159. The number of carbonyl (C=O) groups is 3. The van der Waals surface area contributed by atoms with Crippen LogP contribution in [0, 0.1) is 17.0 Å². The zero-order valence-electron chi connectivity index (χ0n) is 21.1. The Bertz CT molecular complexity index is 886. The van der Waals surface area contributed by atoms with E-state index in [0.717, 1.165) is 6.07 Å². The van der Waals surface area contributed by atoms with Gasteiger partial charge in [-0.05, 0) is 73.4 Å². The lowest BCUT2D eigenvalue weighted by Crippen LogP contribution is -2.44. The van der Waals surface area contributed by atoms with Gasteiger partial charge in [0.25, 0.3) is 5.69 Å². The fourth-order valence-corrected chi connectivity index (χ4v) is 2.75. The summed E-state index contributed by atoms with van der Waals surface area (Å²) < 4.78 is 21.0. The van der Waals surface area contributed by atoms with Crippen LogP contribution in [0.15, 0.2) is 12.1 Å². The second-order valence-electron chi connectivity index (χ2n) is 9.42. The van der Waals surface area contributed by atoms with E-state index in [1.54, 1.807) is 48.5 Å². The lowest BCUT2D eigenvalue weighted by atomic mass is 10.1. The molecule has 0 aliphatic heterocycles. The van der Waals surface area contributed by atoms with Crippen LogP contribution in [-0.2, 0) is 19.0 Å². The number of carbonyl (C=O) groups excluding carboxylic acids is 3. The number of nitro benzene ring substituents is 1. The van der Waals surface area contributed by atoms with Gasteiger partial charge in [0.2, 0.25) is 0 Å². The Hall–Kier alpha value is -3.37. The number of hydrogen-bond donors (Lipinski definition) is 0. The number of nitrogens with zero attached hydrogens (tertiary/aromatic N) is 2. The molecule has 0 saturated heterocycles. The monoisotopic (exact) mass is 482 g/mol. The van der Waals surface area contributed by atoms with Crippen LogP contribution in [0.25, 0.3) is 0 Å². The van der Waals surface area contributed by atoms with Crippen molar-refractivity contribution in [3.63, 3.8) is 0 Å². The largest absolute Gasteiger partial charge is 0.493 e. The summed E-state index contributed by atoms with van der Waals surface area (Å²) in [5.74, 6) is -0.223. The van der Waals surface area contributed by atoms with Crippen molar-refractivity contribution in [3.8, 4) is 5.75 Å². The van der Waals surface area contributed by atoms with Crippen molar-refractivity contribution in [3.05, 3.63) is 27.8 Å². The average Bonchev–Trinajstić information content (AvgIpc) is 2.64. The number of anilines is 1. The van der Waals surface area contributed by atoms with Gasteiger partial charge in [-0.25, -0.2) is 9.59 Å². The molecule has 0 fully saturated rings. The molecule has 0 atom stereocenters. The highest BCUT2D eigenvalue weighted by Crippen LogP contribution is 2.37. The topological polar surface area (TPSA) is 135 Å². The van der Waals surface area contributed by atoms with Crippen molar-refractivity contribution in [2.45, 2.75) is 79.4 Å². The van der Waals surface area contributed by atoms with E-state index >= 15 is 0 Å². The fourth-order valence-electron chi connectivity index (χ4n) is 2.75. The van der Waals surface area contributed by atoms with Crippen LogP contribution in [0.4, 0.5) is 21.0 Å². The number of benzene rings is 1. The third-order valence-corrected chi connectivity index (χ3v) is 3.93. The first-order valence-electron chi connectivity index (χ1n) is 10.9. The normalized spacial score (nSPS) is 11.4. The number of esters is 1. The summed E-state index contributed by atoms with van der Waals surface area (Å²) in [6, 6.07) is 2.56. The molecule has 11 heteroatoms. The fraction of sp³-hybridized carbons (Fsp3) is 0.609. The van der Waals surface area contributed by atoms with Gasteiger partial charge in [-0.15, -0.1) is 0 Å². The van der Waals surface area contributed by atoms with E-state index in [-0.39, 0.29) is 42.6 Å². The molecule has 1 aromatic rings. The summed E-state index contributed by atoms with van der Waals surface area (Å²) in [5, 5.41) is 11.9. The minimum absolute atomic E-state index is 0.108. The van der Waals surface area contributed by atoms with Gasteiger partial charge in [-0.2, -0.15) is 4.90 Å². The van der Waals surface area contributed by atoms with Crippen molar-refractivity contribution >= 4 is 29.5 Å². The summed E-state index contributed by atoms with van der Waals surface area (Å²) in [5.41, 5.74) is -2.56.